The van der Waals surface area contributed by atoms with E-state index in [9.17, 15) is 4.79 Å². The van der Waals surface area contributed by atoms with E-state index in [1.807, 2.05) is 36.4 Å². The Bertz CT molecular complexity index is 590. The monoisotopic (exact) mass is 283 g/mol. The summed E-state index contributed by atoms with van der Waals surface area (Å²) >= 11 is 0. The van der Waals surface area contributed by atoms with Gasteiger partial charge in [-0.3, -0.25) is 4.79 Å². The third kappa shape index (κ3) is 4.63. The van der Waals surface area contributed by atoms with Gasteiger partial charge in [0.1, 0.15) is 0 Å². The lowest BCUT2D eigenvalue weighted by molar-refractivity contribution is -0.136. The van der Waals surface area contributed by atoms with Crippen LogP contribution in [-0.2, 0) is 17.6 Å². The van der Waals surface area contributed by atoms with Gasteiger partial charge < -0.3 is 10.4 Å². The molecule has 2 N–H and O–H groups in total. The molecule has 0 heterocycles. The van der Waals surface area contributed by atoms with E-state index < -0.39 is 5.97 Å². The lowest BCUT2D eigenvalue weighted by Crippen LogP contribution is -2.03. The molecule has 0 aliphatic carbocycles. The molecule has 2 rings (SSSR count). The molecule has 0 saturated heterocycles. The van der Waals surface area contributed by atoms with Crippen LogP contribution < -0.4 is 5.32 Å². The first kappa shape index (κ1) is 15.1. The molecule has 0 bridgehead atoms. The van der Waals surface area contributed by atoms with Crippen molar-refractivity contribution in [1.82, 2.24) is 0 Å². The van der Waals surface area contributed by atoms with Crippen LogP contribution >= 0.6 is 0 Å². The van der Waals surface area contributed by atoms with Crippen LogP contribution in [0.25, 0.3) is 0 Å². The third-order valence-electron chi connectivity index (χ3n) is 3.41. The zero-order valence-electron chi connectivity index (χ0n) is 12.3. The zero-order chi connectivity index (χ0) is 15.1. The van der Waals surface area contributed by atoms with E-state index >= 15 is 0 Å². The standard InChI is InChI=1S/C18H21NO2/c1-2-3-6-14-9-11-16(12-10-14)19-17-8-5-4-7-15(17)13-18(20)21/h4-5,7-12,19H,2-3,6,13H2,1H3,(H,20,21). The predicted molar refractivity (Wildman–Crippen MR) is 86.1 cm³/mol. The van der Waals surface area contributed by atoms with Crippen LogP contribution in [0.3, 0.4) is 0 Å². The molecular formula is C18H21NO2. The van der Waals surface area contributed by atoms with Crippen molar-refractivity contribution in [1.29, 1.82) is 0 Å². The Balaban J connectivity index is 2.09. The number of carboxylic acid groups (broad SMARTS) is 1. The summed E-state index contributed by atoms with van der Waals surface area (Å²) in [5.74, 6) is -0.820. The van der Waals surface area contributed by atoms with Gasteiger partial charge in [-0.1, -0.05) is 43.7 Å². The number of nitrogens with one attached hydrogen (secondary N) is 1. The number of benzene rings is 2. The lowest BCUT2D eigenvalue weighted by Gasteiger charge is -2.11. The smallest absolute Gasteiger partial charge is 0.307 e. The summed E-state index contributed by atoms with van der Waals surface area (Å²) in [6.07, 6.45) is 3.53. The first-order chi connectivity index (χ1) is 10.2. The van der Waals surface area contributed by atoms with Gasteiger partial charge in [-0.25, -0.2) is 0 Å². The first-order valence-electron chi connectivity index (χ1n) is 7.34. The van der Waals surface area contributed by atoms with Gasteiger partial charge in [0.2, 0.25) is 0 Å². The van der Waals surface area contributed by atoms with Crippen molar-refractivity contribution in [3.8, 4) is 0 Å². The summed E-state index contributed by atoms with van der Waals surface area (Å²) in [6, 6.07) is 15.8. The zero-order valence-corrected chi connectivity index (χ0v) is 12.3. The summed E-state index contributed by atoms with van der Waals surface area (Å²) < 4.78 is 0. The van der Waals surface area contributed by atoms with Crippen molar-refractivity contribution in [2.45, 2.75) is 32.6 Å². The fraction of sp³-hybridized carbons (Fsp3) is 0.278. The van der Waals surface area contributed by atoms with Gasteiger partial charge in [-0.2, -0.15) is 0 Å². The Morgan fingerprint density at radius 2 is 1.81 bits per heavy atom. The van der Waals surface area contributed by atoms with Crippen LogP contribution in [-0.4, -0.2) is 11.1 Å². The summed E-state index contributed by atoms with van der Waals surface area (Å²) in [6.45, 7) is 2.19. The highest BCUT2D eigenvalue weighted by atomic mass is 16.4. The maximum absolute atomic E-state index is 10.9. The number of hydrogen-bond donors (Lipinski definition) is 2. The summed E-state index contributed by atoms with van der Waals surface area (Å²) in [7, 11) is 0. The lowest BCUT2D eigenvalue weighted by atomic mass is 10.1. The van der Waals surface area contributed by atoms with Gasteiger partial charge in [0, 0.05) is 11.4 Å². The summed E-state index contributed by atoms with van der Waals surface area (Å²) in [5, 5.41) is 12.2. The van der Waals surface area contributed by atoms with E-state index in [4.69, 9.17) is 5.11 Å². The molecule has 0 atom stereocenters. The van der Waals surface area contributed by atoms with Gasteiger partial charge in [0.05, 0.1) is 6.42 Å². The number of hydrogen-bond acceptors (Lipinski definition) is 2. The highest BCUT2D eigenvalue weighted by Gasteiger charge is 2.06. The Hall–Kier alpha value is -2.29. The quantitative estimate of drug-likeness (QED) is 0.791. The normalized spacial score (nSPS) is 10.3. The number of aliphatic carboxylic acids is 1. The fourth-order valence-corrected chi connectivity index (χ4v) is 2.25. The summed E-state index contributed by atoms with van der Waals surface area (Å²) in [5.41, 5.74) is 3.95. The predicted octanol–water partition coefficient (Wildman–Crippen LogP) is 4.40. The number of aryl methyl sites for hydroxylation is 1. The molecule has 3 nitrogen and oxygen atoms in total. The van der Waals surface area contributed by atoms with Crippen LogP contribution in [0.2, 0.25) is 0 Å². The number of rotatable bonds is 7. The largest absolute Gasteiger partial charge is 0.481 e. The number of unbranched alkanes of at least 4 members (excludes halogenated alkanes) is 1. The van der Waals surface area contributed by atoms with E-state index in [2.05, 4.69) is 24.4 Å². The minimum Gasteiger partial charge on any atom is -0.481 e. The van der Waals surface area contributed by atoms with Crippen molar-refractivity contribution in [2.24, 2.45) is 0 Å². The van der Waals surface area contributed by atoms with Gasteiger partial charge in [0.25, 0.3) is 0 Å². The van der Waals surface area contributed by atoms with E-state index in [0.717, 1.165) is 23.4 Å². The van der Waals surface area contributed by atoms with Gasteiger partial charge in [0.15, 0.2) is 0 Å². The average molecular weight is 283 g/mol. The van der Waals surface area contributed by atoms with Crippen molar-refractivity contribution < 1.29 is 9.90 Å². The van der Waals surface area contributed by atoms with E-state index in [-0.39, 0.29) is 6.42 Å². The molecular weight excluding hydrogens is 262 g/mol. The molecule has 0 fully saturated rings. The Labute approximate surface area is 125 Å². The van der Waals surface area contributed by atoms with Gasteiger partial charge >= 0.3 is 5.97 Å². The summed E-state index contributed by atoms with van der Waals surface area (Å²) in [4.78, 5) is 10.9. The Morgan fingerprint density at radius 1 is 1.10 bits per heavy atom. The highest BCUT2D eigenvalue weighted by Crippen LogP contribution is 2.22. The first-order valence-corrected chi connectivity index (χ1v) is 7.34. The minimum absolute atomic E-state index is 0.0256. The Kier molecular flexibility index (Phi) is 5.38. The molecule has 0 saturated carbocycles. The topological polar surface area (TPSA) is 49.3 Å². The molecule has 0 radical (unpaired) electrons. The number of carboxylic acids is 1. The molecule has 0 amide bonds. The SMILES string of the molecule is CCCCc1ccc(Nc2ccccc2CC(=O)O)cc1. The molecule has 0 aliphatic rings. The van der Waals surface area contributed by atoms with Crippen LogP contribution in [0, 0.1) is 0 Å². The number of para-hydroxylation sites is 1. The van der Waals surface area contributed by atoms with E-state index in [1.54, 1.807) is 0 Å². The van der Waals surface area contributed by atoms with Crippen LogP contribution in [0.1, 0.15) is 30.9 Å². The molecule has 21 heavy (non-hydrogen) atoms. The van der Waals surface area contributed by atoms with Crippen molar-refractivity contribution in [3.05, 3.63) is 59.7 Å². The third-order valence-corrected chi connectivity index (χ3v) is 3.41. The van der Waals surface area contributed by atoms with Crippen LogP contribution in [0.4, 0.5) is 11.4 Å². The van der Waals surface area contributed by atoms with E-state index in [1.165, 1.54) is 18.4 Å². The molecule has 0 spiro atoms. The molecule has 0 aliphatic heterocycles. The molecule has 2 aromatic carbocycles. The van der Waals surface area contributed by atoms with Gasteiger partial charge in [-0.15, -0.1) is 0 Å². The minimum atomic E-state index is -0.820. The highest BCUT2D eigenvalue weighted by molar-refractivity contribution is 5.75. The van der Waals surface area contributed by atoms with Crippen molar-refractivity contribution in [2.75, 3.05) is 5.32 Å². The molecule has 2 aromatic rings. The maximum Gasteiger partial charge on any atom is 0.307 e. The van der Waals surface area contributed by atoms with Crippen LogP contribution in [0.15, 0.2) is 48.5 Å². The Morgan fingerprint density at radius 3 is 2.48 bits per heavy atom. The number of anilines is 2. The fourth-order valence-electron chi connectivity index (χ4n) is 2.25. The van der Waals surface area contributed by atoms with Gasteiger partial charge in [-0.05, 0) is 42.2 Å². The van der Waals surface area contributed by atoms with E-state index in [0.29, 0.717) is 0 Å². The second kappa shape index (κ2) is 7.48. The van der Waals surface area contributed by atoms with Crippen LogP contribution in [0.5, 0.6) is 0 Å². The molecule has 110 valence electrons. The van der Waals surface area contributed by atoms with Crippen molar-refractivity contribution >= 4 is 17.3 Å². The number of carbonyl (C=O) groups is 1. The second-order valence-electron chi connectivity index (χ2n) is 5.15. The molecule has 0 aromatic heterocycles. The molecule has 3 heteroatoms. The molecule has 0 unspecified atom stereocenters. The average Bonchev–Trinajstić information content (AvgIpc) is 2.48. The van der Waals surface area contributed by atoms with Crippen molar-refractivity contribution in [3.63, 3.8) is 0 Å². The second-order valence-corrected chi connectivity index (χ2v) is 5.15. The maximum atomic E-state index is 10.9.